The molecule has 0 saturated heterocycles. The maximum Gasteiger partial charge on any atom is 0.0468 e. The molecule has 1 atom stereocenters. The number of aliphatic imine (C=N–C) groups is 1. The summed E-state index contributed by atoms with van der Waals surface area (Å²) in [5, 5.41) is 0. The summed E-state index contributed by atoms with van der Waals surface area (Å²) in [4.78, 5) is 4.32. The second-order valence-corrected chi connectivity index (χ2v) is 2.57. The van der Waals surface area contributed by atoms with Crippen LogP contribution in [0.1, 0.15) is 34.1 Å². The van der Waals surface area contributed by atoms with Gasteiger partial charge >= 0.3 is 0 Å². The highest BCUT2D eigenvalue weighted by atomic mass is 14.7. The van der Waals surface area contributed by atoms with E-state index in [1.807, 2.05) is 13.1 Å². The monoisotopic (exact) mass is 139 g/mol. The van der Waals surface area contributed by atoms with Crippen LogP contribution in [0.3, 0.4) is 0 Å². The number of rotatable bonds is 3. The first-order valence-corrected chi connectivity index (χ1v) is 3.86. The van der Waals surface area contributed by atoms with Gasteiger partial charge in [-0.15, -0.1) is 0 Å². The van der Waals surface area contributed by atoms with Gasteiger partial charge in [-0.25, -0.2) is 0 Å². The first-order valence-electron chi connectivity index (χ1n) is 3.86. The second kappa shape index (κ2) is 5.21. The first-order chi connectivity index (χ1) is 4.70. The fourth-order valence-electron chi connectivity index (χ4n) is 0.425. The Morgan fingerprint density at radius 3 is 2.60 bits per heavy atom. The predicted octanol–water partition coefficient (Wildman–Crippen LogP) is 2.82. The molecule has 0 aromatic heterocycles. The van der Waals surface area contributed by atoms with Crippen molar-refractivity contribution in [1.29, 1.82) is 0 Å². The standard InChI is InChI=1S/C9H17N/c1-5-8(3)7-10-9(4)6-2/h5,7,9H,6H2,1-4H3/b8-5-,10-7-/t9-/m1/s1. The van der Waals surface area contributed by atoms with Crippen molar-refractivity contribution in [3.05, 3.63) is 11.6 Å². The van der Waals surface area contributed by atoms with Crippen LogP contribution in [-0.2, 0) is 0 Å². The Balaban J connectivity index is 3.75. The molecule has 0 aliphatic rings. The van der Waals surface area contributed by atoms with Crippen molar-refractivity contribution in [3.8, 4) is 0 Å². The van der Waals surface area contributed by atoms with E-state index in [-0.39, 0.29) is 0 Å². The molecule has 0 aliphatic carbocycles. The Morgan fingerprint density at radius 1 is 1.60 bits per heavy atom. The van der Waals surface area contributed by atoms with E-state index in [1.54, 1.807) is 0 Å². The molecule has 10 heavy (non-hydrogen) atoms. The van der Waals surface area contributed by atoms with Crippen molar-refractivity contribution in [1.82, 2.24) is 0 Å². The Labute approximate surface area is 63.9 Å². The van der Waals surface area contributed by atoms with Gasteiger partial charge in [-0.05, 0) is 32.8 Å². The number of allylic oxidation sites excluding steroid dienone is 2. The normalized spacial score (nSPS) is 16.2. The third-order valence-electron chi connectivity index (χ3n) is 1.58. The van der Waals surface area contributed by atoms with Gasteiger partial charge in [0.15, 0.2) is 0 Å². The van der Waals surface area contributed by atoms with Crippen molar-refractivity contribution in [2.45, 2.75) is 40.2 Å². The summed E-state index contributed by atoms with van der Waals surface area (Å²) in [6, 6.07) is 0.467. The molecule has 1 heteroatoms. The van der Waals surface area contributed by atoms with Crippen LogP contribution in [0.25, 0.3) is 0 Å². The second-order valence-electron chi connectivity index (χ2n) is 2.57. The number of hydrogen-bond donors (Lipinski definition) is 0. The summed E-state index contributed by atoms with van der Waals surface area (Å²) in [5.74, 6) is 0. The van der Waals surface area contributed by atoms with Crippen LogP contribution in [0.2, 0.25) is 0 Å². The molecular formula is C9H17N. The van der Waals surface area contributed by atoms with Gasteiger partial charge < -0.3 is 0 Å². The van der Waals surface area contributed by atoms with E-state index in [0.717, 1.165) is 6.42 Å². The van der Waals surface area contributed by atoms with E-state index in [0.29, 0.717) is 6.04 Å². The highest BCUT2D eigenvalue weighted by Crippen LogP contribution is 1.95. The molecule has 0 unspecified atom stereocenters. The minimum Gasteiger partial charge on any atom is -0.290 e. The SMILES string of the molecule is C/C=C(C)\C=N/[C@H](C)CC. The van der Waals surface area contributed by atoms with Crippen molar-refractivity contribution >= 4 is 6.21 Å². The third kappa shape index (κ3) is 4.30. The summed E-state index contributed by atoms with van der Waals surface area (Å²) < 4.78 is 0. The van der Waals surface area contributed by atoms with E-state index in [2.05, 4.69) is 31.8 Å². The van der Waals surface area contributed by atoms with Gasteiger partial charge in [-0.2, -0.15) is 0 Å². The maximum atomic E-state index is 4.32. The minimum absolute atomic E-state index is 0.467. The van der Waals surface area contributed by atoms with E-state index in [4.69, 9.17) is 0 Å². The molecule has 0 heterocycles. The van der Waals surface area contributed by atoms with Crippen LogP contribution in [0.4, 0.5) is 0 Å². The fraction of sp³-hybridized carbons (Fsp3) is 0.667. The van der Waals surface area contributed by atoms with Crippen molar-refractivity contribution in [2.24, 2.45) is 4.99 Å². The molecule has 0 radical (unpaired) electrons. The molecule has 0 spiro atoms. The van der Waals surface area contributed by atoms with Gasteiger partial charge in [0.2, 0.25) is 0 Å². The van der Waals surface area contributed by atoms with Crippen molar-refractivity contribution in [3.63, 3.8) is 0 Å². The Hall–Kier alpha value is -0.590. The average Bonchev–Trinajstić information content (AvgIpc) is 1.99. The summed E-state index contributed by atoms with van der Waals surface area (Å²) in [5.41, 5.74) is 1.24. The van der Waals surface area contributed by atoms with Crippen LogP contribution in [0.5, 0.6) is 0 Å². The lowest BCUT2D eigenvalue weighted by Crippen LogP contribution is -1.94. The van der Waals surface area contributed by atoms with E-state index >= 15 is 0 Å². The molecule has 0 aromatic rings. The fourth-order valence-corrected chi connectivity index (χ4v) is 0.425. The lowest BCUT2D eigenvalue weighted by Gasteiger charge is -1.98. The van der Waals surface area contributed by atoms with E-state index < -0.39 is 0 Å². The van der Waals surface area contributed by atoms with Crippen LogP contribution in [0, 0.1) is 0 Å². The topological polar surface area (TPSA) is 12.4 Å². The molecule has 0 amide bonds. The maximum absolute atomic E-state index is 4.32. The number of nitrogens with zero attached hydrogens (tertiary/aromatic N) is 1. The zero-order chi connectivity index (χ0) is 7.98. The van der Waals surface area contributed by atoms with E-state index in [9.17, 15) is 0 Å². The van der Waals surface area contributed by atoms with Gasteiger partial charge in [0.05, 0.1) is 0 Å². The van der Waals surface area contributed by atoms with Gasteiger partial charge in [0, 0.05) is 12.3 Å². The van der Waals surface area contributed by atoms with Gasteiger partial charge in [-0.3, -0.25) is 4.99 Å². The van der Waals surface area contributed by atoms with Crippen LogP contribution in [-0.4, -0.2) is 12.3 Å². The molecule has 0 aromatic carbocycles. The Bertz CT molecular complexity index is 134. The first kappa shape index (κ1) is 9.41. The van der Waals surface area contributed by atoms with Crippen molar-refractivity contribution < 1.29 is 0 Å². The lowest BCUT2D eigenvalue weighted by molar-refractivity contribution is 0.720. The highest BCUT2D eigenvalue weighted by Gasteiger charge is 1.89. The largest absolute Gasteiger partial charge is 0.290 e. The average molecular weight is 139 g/mol. The summed E-state index contributed by atoms with van der Waals surface area (Å²) in [6.45, 7) is 8.36. The van der Waals surface area contributed by atoms with Crippen LogP contribution >= 0.6 is 0 Å². The summed E-state index contributed by atoms with van der Waals surface area (Å²) >= 11 is 0. The molecule has 1 nitrogen and oxygen atoms in total. The third-order valence-corrected chi connectivity index (χ3v) is 1.58. The zero-order valence-electron chi connectivity index (χ0n) is 7.39. The summed E-state index contributed by atoms with van der Waals surface area (Å²) in [7, 11) is 0. The van der Waals surface area contributed by atoms with Gasteiger partial charge in [-0.1, -0.05) is 13.0 Å². The van der Waals surface area contributed by atoms with E-state index in [1.165, 1.54) is 5.57 Å². The molecule has 58 valence electrons. The molecule has 0 bridgehead atoms. The van der Waals surface area contributed by atoms with Crippen LogP contribution < -0.4 is 0 Å². The van der Waals surface area contributed by atoms with Gasteiger partial charge in [0.1, 0.15) is 0 Å². The predicted molar refractivity (Wildman–Crippen MR) is 47.7 cm³/mol. The Morgan fingerprint density at radius 2 is 2.20 bits per heavy atom. The van der Waals surface area contributed by atoms with Crippen LogP contribution in [0.15, 0.2) is 16.6 Å². The molecule has 0 fully saturated rings. The van der Waals surface area contributed by atoms with Crippen molar-refractivity contribution in [2.75, 3.05) is 0 Å². The molecule has 0 aliphatic heterocycles. The quantitative estimate of drug-likeness (QED) is 0.533. The summed E-state index contributed by atoms with van der Waals surface area (Å²) in [6.07, 6.45) is 5.12. The highest BCUT2D eigenvalue weighted by molar-refractivity contribution is 5.77. The molecular weight excluding hydrogens is 122 g/mol. The molecule has 0 N–H and O–H groups in total. The lowest BCUT2D eigenvalue weighted by atomic mass is 10.2. The minimum atomic E-state index is 0.467. The zero-order valence-corrected chi connectivity index (χ0v) is 7.39. The smallest absolute Gasteiger partial charge is 0.0468 e. The molecule has 0 rings (SSSR count). The van der Waals surface area contributed by atoms with Gasteiger partial charge in [0.25, 0.3) is 0 Å². The Kier molecular flexibility index (Phi) is 4.91. The number of hydrogen-bond acceptors (Lipinski definition) is 1. The molecule has 0 saturated carbocycles.